The lowest BCUT2D eigenvalue weighted by Gasteiger charge is -2.14. The second-order valence-electron chi connectivity index (χ2n) is 6.43. The van der Waals surface area contributed by atoms with Crippen LogP contribution in [0.1, 0.15) is 23.6 Å². The Kier molecular flexibility index (Phi) is 4.31. The lowest BCUT2D eigenvalue weighted by atomic mass is 10.0. The number of aryl methyl sites for hydroxylation is 1. The molecule has 3 aromatic rings. The zero-order valence-electron chi connectivity index (χ0n) is 14.7. The van der Waals surface area contributed by atoms with Crippen LogP contribution in [-0.4, -0.2) is 26.4 Å². The van der Waals surface area contributed by atoms with Crippen molar-refractivity contribution in [2.24, 2.45) is 0 Å². The van der Waals surface area contributed by atoms with Crippen molar-refractivity contribution in [3.05, 3.63) is 65.9 Å². The van der Waals surface area contributed by atoms with Crippen LogP contribution in [0, 0.1) is 0 Å². The van der Waals surface area contributed by atoms with Crippen molar-refractivity contribution in [2.45, 2.75) is 23.7 Å². The molecule has 0 radical (unpaired) electrons. The van der Waals surface area contributed by atoms with Crippen molar-refractivity contribution in [3.63, 3.8) is 0 Å². The number of fused-ring (bicyclic) bond motifs is 2. The maximum Gasteiger partial charge on any atom is 0.264 e. The standard InChI is InChI=1S/C20H18N2O4S/c1-26-19-12-10-15-16(9-11-17(15)21-19)20(23)22-27(24,25)18-8-4-6-13-5-2-3-7-14(13)18/h2-8,10,12,16H,9,11H2,1H3,(H,22,23). The molecular formula is C20H18N2O4S. The van der Waals surface area contributed by atoms with E-state index >= 15 is 0 Å². The topological polar surface area (TPSA) is 85.4 Å². The van der Waals surface area contributed by atoms with Gasteiger partial charge in [-0.1, -0.05) is 42.5 Å². The third-order valence-electron chi connectivity index (χ3n) is 4.83. The van der Waals surface area contributed by atoms with Crippen molar-refractivity contribution in [2.75, 3.05) is 7.11 Å². The fourth-order valence-electron chi connectivity index (χ4n) is 3.52. The summed E-state index contributed by atoms with van der Waals surface area (Å²) in [6.45, 7) is 0. The van der Waals surface area contributed by atoms with Crippen LogP contribution < -0.4 is 9.46 Å². The number of methoxy groups -OCH3 is 1. The molecule has 0 bridgehead atoms. The van der Waals surface area contributed by atoms with Gasteiger partial charge in [0.1, 0.15) is 0 Å². The van der Waals surface area contributed by atoms with Crippen molar-refractivity contribution < 1.29 is 17.9 Å². The molecule has 1 aromatic heterocycles. The van der Waals surface area contributed by atoms with E-state index in [1.54, 1.807) is 30.3 Å². The normalized spacial score (nSPS) is 16.1. The molecule has 1 heterocycles. The number of amides is 1. The van der Waals surface area contributed by atoms with Crippen LogP contribution in [0.2, 0.25) is 0 Å². The van der Waals surface area contributed by atoms with Gasteiger partial charge in [-0.3, -0.25) is 4.79 Å². The van der Waals surface area contributed by atoms with Crippen LogP contribution in [-0.2, 0) is 21.2 Å². The number of ether oxygens (including phenoxy) is 1. The molecule has 7 heteroatoms. The van der Waals surface area contributed by atoms with Gasteiger partial charge in [-0.05, 0) is 29.9 Å². The van der Waals surface area contributed by atoms with Gasteiger partial charge < -0.3 is 4.74 Å². The molecule has 1 amide bonds. The van der Waals surface area contributed by atoms with Crippen LogP contribution in [0.5, 0.6) is 5.88 Å². The van der Waals surface area contributed by atoms with Crippen LogP contribution in [0.3, 0.4) is 0 Å². The highest BCUT2D eigenvalue weighted by Crippen LogP contribution is 2.34. The summed E-state index contributed by atoms with van der Waals surface area (Å²) >= 11 is 0. The van der Waals surface area contributed by atoms with E-state index in [1.807, 2.05) is 18.2 Å². The van der Waals surface area contributed by atoms with Crippen molar-refractivity contribution in [1.82, 2.24) is 9.71 Å². The van der Waals surface area contributed by atoms with E-state index in [-0.39, 0.29) is 4.90 Å². The number of hydrogen-bond donors (Lipinski definition) is 1. The quantitative estimate of drug-likeness (QED) is 0.750. The molecule has 0 aliphatic heterocycles. The first-order valence-corrected chi connectivity index (χ1v) is 10.1. The van der Waals surface area contributed by atoms with E-state index in [9.17, 15) is 13.2 Å². The SMILES string of the molecule is COc1ccc2c(n1)CCC2C(=O)NS(=O)(=O)c1cccc2ccccc12. The number of carbonyl (C=O) groups is 1. The molecule has 1 N–H and O–H groups in total. The van der Waals surface area contributed by atoms with Gasteiger partial charge in [-0.2, -0.15) is 0 Å². The Morgan fingerprint density at radius 1 is 1.11 bits per heavy atom. The van der Waals surface area contributed by atoms with E-state index in [0.29, 0.717) is 24.1 Å². The Hall–Kier alpha value is -2.93. The maximum atomic E-state index is 12.9. The number of benzene rings is 2. The van der Waals surface area contributed by atoms with Gasteiger partial charge in [0.05, 0.1) is 17.9 Å². The number of rotatable bonds is 4. The third kappa shape index (κ3) is 3.14. The predicted molar refractivity (Wildman–Crippen MR) is 101 cm³/mol. The number of nitrogens with one attached hydrogen (secondary N) is 1. The smallest absolute Gasteiger partial charge is 0.264 e. The Bertz CT molecular complexity index is 1140. The minimum atomic E-state index is -3.98. The molecule has 2 aromatic carbocycles. The van der Waals surface area contributed by atoms with Gasteiger partial charge in [0, 0.05) is 17.1 Å². The van der Waals surface area contributed by atoms with Crippen LogP contribution >= 0.6 is 0 Å². The van der Waals surface area contributed by atoms with Gasteiger partial charge in [-0.25, -0.2) is 18.1 Å². The van der Waals surface area contributed by atoms with Crippen molar-refractivity contribution >= 4 is 26.7 Å². The summed E-state index contributed by atoms with van der Waals surface area (Å²) in [5.41, 5.74) is 1.53. The number of carbonyl (C=O) groups excluding carboxylic acids is 1. The second-order valence-corrected chi connectivity index (χ2v) is 8.08. The molecular weight excluding hydrogens is 364 g/mol. The fraction of sp³-hybridized carbons (Fsp3) is 0.200. The summed E-state index contributed by atoms with van der Waals surface area (Å²) in [6, 6.07) is 15.7. The molecule has 1 atom stereocenters. The Morgan fingerprint density at radius 2 is 1.89 bits per heavy atom. The first-order chi connectivity index (χ1) is 13.0. The molecule has 4 rings (SSSR count). The minimum absolute atomic E-state index is 0.0972. The molecule has 1 aliphatic rings. The number of hydrogen-bond acceptors (Lipinski definition) is 5. The minimum Gasteiger partial charge on any atom is -0.481 e. The largest absolute Gasteiger partial charge is 0.481 e. The fourth-order valence-corrected chi connectivity index (χ4v) is 4.77. The summed E-state index contributed by atoms with van der Waals surface area (Å²) in [6.07, 6.45) is 1.13. The van der Waals surface area contributed by atoms with Crippen LogP contribution in [0.25, 0.3) is 10.8 Å². The highest BCUT2D eigenvalue weighted by atomic mass is 32.2. The van der Waals surface area contributed by atoms with E-state index < -0.39 is 21.8 Å². The average molecular weight is 382 g/mol. The lowest BCUT2D eigenvalue weighted by molar-refractivity contribution is -0.120. The molecule has 27 heavy (non-hydrogen) atoms. The number of nitrogens with zero attached hydrogens (tertiary/aromatic N) is 1. The molecule has 1 aliphatic carbocycles. The van der Waals surface area contributed by atoms with Crippen LogP contribution in [0.4, 0.5) is 0 Å². The lowest BCUT2D eigenvalue weighted by Crippen LogP contribution is -2.34. The van der Waals surface area contributed by atoms with E-state index in [1.165, 1.54) is 13.2 Å². The Morgan fingerprint density at radius 3 is 2.70 bits per heavy atom. The Labute approximate surface area is 157 Å². The van der Waals surface area contributed by atoms with Gasteiger partial charge in [0.25, 0.3) is 10.0 Å². The molecule has 138 valence electrons. The summed E-state index contributed by atoms with van der Waals surface area (Å²) in [5.74, 6) is -0.588. The highest BCUT2D eigenvalue weighted by Gasteiger charge is 2.32. The zero-order chi connectivity index (χ0) is 19.0. The molecule has 6 nitrogen and oxygen atoms in total. The number of pyridine rings is 1. The highest BCUT2D eigenvalue weighted by molar-refractivity contribution is 7.90. The zero-order valence-corrected chi connectivity index (χ0v) is 15.5. The molecule has 0 spiro atoms. The second kappa shape index (κ2) is 6.66. The number of sulfonamides is 1. The van der Waals surface area contributed by atoms with Crippen molar-refractivity contribution in [1.29, 1.82) is 0 Å². The van der Waals surface area contributed by atoms with E-state index in [0.717, 1.165) is 16.6 Å². The van der Waals surface area contributed by atoms with Gasteiger partial charge in [-0.15, -0.1) is 0 Å². The first-order valence-electron chi connectivity index (χ1n) is 8.58. The molecule has 1 unspecified atom stereocenters. The van der Waals surface area contributed by atoms with Gasteiger partial charge in [0.15, 0.2) is 0 Å². The van der Waals surface area contributed by atoms with Gasteiger partial charge >= 0.3 is 0 Å². The first kappa shape index (κ1) is 17.5. The van der Waals surface area contributed by atoms with E-state index in [4.69, 9.17) is 4.74 Å². The maximum absolute atomic E-state index is 12.9. The Balaban J connectivity index is 1.64. The van der Waals surface area contributed by atoms with Crippen LogP contribution in [0.15, 0.2) is 59.5 Å². The molecule has 0 fully saturated rings. The summed E-state index contributed by atoms with van der Waals surface area (Å²) in [5, 5.41) is 1.38. The third-order valence-corrected chi connectivity index (χ3v) is 6.23. The number of aromatic nitrogens is 1. The van der Waals surface area contributed by atoms with E-state index in [2.05, 4.69) is 9.71 Å². The van der Waals surface area contributed by atoms with Crippen molar-refractivity contribution in [3.8, 4) is 5.88 Å². The molecule has 0 saturated carbocycles. The summed E-state index contributed by atoms with van der Waals surface area (Å²) in [7, 11) is -2.45. The average Bonchev–Trinajstić information content (AvgIpc) is 3.10. The summed E-state index contributed by atoms with van der Waals surface area (Å²) < 4.78 is 33.1. The van der Waals surface area contributed by atoms with Gasteiger partial charge in [0.2, 0.25) is 11.8 Å². The predicted octanol–water partition coefficient (Wildman–Crippen LogP) is 2.78. The summed E-state index contributed by atoms with van der Waals surface area (Å²) in [4.78, 5) is 17.2. The monoisotopic (exact) mass is 382 g/mol. The molecule has 0 saturated heterocycles.